The summed E-state index contributed by atoms with van der Waals surface area (Å²) in [5.74, 6) is 0.140. The number of benzene rings is 2. The van der Waals surface area contributed by atoms with Gasteiger partial charge in [0.25, 0.3) is 0 Å². The molecule has 2 rings (SSSR count). The van der Waals surface area contributed by atoms with Crippen molar-refractivity contribution < 1.29 is 9.59 Å². The predicted molar refractivity (Wildman–Crippen MR) is 103 cm³/mol. The molecule has 1 N–H and O–H groups in total. The van der Waals surface area contributed by atoms with Crippen LogP contribution in [0.15, 0.2) is 48.5 Å². The highest BCUT2D eigenvalue weighted by molar-refractivity contribution is 5.94. The molecule has 0 heterocycles. The van der Waals surface area contributed by atoms with Crippen LogP contribution in [0.3, 0.4) is 0 Å². The minimum atomic E-state index is -0.181. The average Bonchev–Trinajstić information content (AvgIpc) is 2.62. The van der Waals surface area contributed by atoms with Crippen LogP contribution in [-0.2, 0) is 9.59 Å². The fraction of sp³-hybridized carbons (Fsp3) is 0.286. The van der Waals surface area contributed by atoms with Gasteiger partial charge in [0.15, 0.2) is 0 Å². The second-order valence-corrected chi connectivity index (χ2v) is 6.40. The zero-order valence-electron chi connectivity index (χ0n) is 15.3. The minimum Gasteiger partial charge on any atom is -0.326 e. The summed E-state index contributed by atoms with van der Waals surface area (Å²) in [5, 5.41) is 11.6. The first kappa shape index (κ1) is 19.2. The molecule has 0 radical (unpaired) electrons. The molecule has 0 saturated heterocycles. The summed E-state index contributed by atoms with van der Waals surface area (Å²) in [6, 6.07) is 16.5. The summed E-state index contributed by atoms with van der Waals surface area (Å²) in [4.78, 5) is 25.7. The first-order valence-electron chi connectivity index (χ1n) is 8.58. The minimum absolute atomic E-state index is 0.103. The number of carbonyl (C=O) groups is 2. The predicted octanol–water partition coefficient (Wildman–Crippen LogP) is 4.06. The van der Waals surface area contributed by atoms with E-state index >= 15 is 0 Å². The van der Waals surface area contributed by atoms with Crippen LogP contribution in [0.5, 0.6) is 0 Å². The number of nitrogens with one attached hydrogen (secondary N) is 1. The van der Waals surface area contributed by atoms with Gasteiger partial charge in [-0.3, -0.25) is 9.59 Å². The topological polar surface area (TPSA) is 73.2 Å². The molecule has 0 aliphatic heterocycles. The lowest BCUT2D eigenvalue weighted by Gasteiger charge is -2.21. The molecular formula is C21H23N3O2. The van der Waals surface area contributed by atoms with E-state index in [0.29, 0.717) is 23.7 Å². The van der Waals surface area contributed by atoms with Crippen molar-refractivity contribution >= 4 is 23.2 Å². The van der Waals surface area contributed by atoms with E-state index in [4.69, 9.17) is 5.26 Å². The highest BCUT2D eigenvalue weighted by Gasteiger charge is 2.14. The van der Waals surface area contributed by atoms with Crippen molar-refractivity contribution in [1.29, 1.82) is 5.26 Å². The van der Waals surface area contributed by atoms with E-state index in [9.17, 15) is 9.59 Å². The Morgan fingerprint density at radius 3 is 2.19 bits per heavy atom. The van der Waals surface area contributed by atoms with Crippen molar-refractivity contribution in [1.82, 2.24) is 0 Å². The Bertz CT molecular complexity index is 803. The first-order chi connectivity index (χ1) is 12.4. The summed E-state index contributed by atoms with van der Waals surface area (Å²) in [7, 11) is 0. The first-order valence-corrected chi connectivity index (χ1v) is 8.58. The van der Waals surface area contributed by atoms with Crippen LogP contribution in [0.25, 0.3) is 0 Å². The van der Waals surface area contributed by atoms with Gasteiger partial charge in [0.05, 0.1) is 11.6 Å². The van der Waals surface area contributed by atoms with Gasteiger partial charge in [-0.05, 0) is 47.9 Å². The highest BCUT2D eigenvalue weighted by Crippen LogP contribution is 2.20. The van der Waals surface area contributed by atoms with Crippen molar-refractivity contribution in [3.63, 3.8) is 0 Å². The number of nitrogens with zero attached hydrogens (tertiary/aromatic N) is 2. The van der Waals surface area contributed by atoms with Crippen LogP contribution in [0.1, 0.15) is 44.2 Å². The summed E-state index contributed by atoms with van der Waals surface area (Å²) in [5.41, 5.74) is 3.16. The number of amides is 2. The lowest BCUT2D eigenvalue weighted by atomic mass is 10.0. The van der Waals surface area contributed by atoms with Crippen molar-refractivity contribution in [2.24, 2.45) is 0 Å². The molecule has 2 amide bonds. The maximum atomic E-state index is 12.2. The van der Waals surface area contributed by atoms with Gasteiger partial charge in [-0.1, -0.05) is 26.0 Å². The second kappa shape index (κ2) is 8.82. The van der Waals surface area contributed by atoms with Crippen molar-refractivity contribution in [3.05, 3.63) is 59.7 Å². The van der Waals surface area contributed by atoms with E-state index in [1.54, 1.807) is 29.2 Å². The molecule has 0 bridgehead atoms. The number of hydrogen-bond acceptors (Lipinski definition) is 3. The van der Waals surface area contributed by atoms with E-state index in [1.807, 2.05) is 30.3 Å². The smallest absolute Gasteiger partial charge is 0.226 e. The third-order valence-corrected chi connectivity index (χ3v) is 4.11. The Balaban J connectivity index is 1.98. The molecule has 0 spiro atoms. The van der Waals surface area contributed by atoms with E-state index in [0.717, 1.165) is 5.69 Å². The molecule has 0 aromatic heterocycles. The molecule has 5 heteroatoms. The number of anilines is 2. The second-order valence-electron chi connectivity index (χ2n) is 6.40. The molecule has 134 valence electrons. The molecule has 0 aliphatic carbocycles. The molecule has 5 nitrogen and oxygen atoms in total. The van der Waals surface area contributed by atoms with Crippen LogP contribution < -0.4 is 10.2 Å². The summed E-state index contributed by atoms with van der Waals surface area (Å²) in [6.07, 6.45) is 0.186. The van der Waals surface area contributed by atoms with Crippen LogP contribution in [0, 0.1) is 11.3 Å². The van der Waals surface area contributed by atoms with E-state index in [-0.39, 0.29) is 18.2 Å². The molecule has 2 aromatic rings. The molecule has 0 saturated carbocycles. The maximum absolute atomic E-state index is 12.2. The SMILES string of the molecule is CC(=O)N(CCC(=O)Nc1ccc(C#N)cc1)c1ccc(C(C)C)cc1. The Morgan fingerprint density at radius 1 is 1.08 bits per heavy atom. The lowest BCUT2D eigenvalue weighted by Crippen LogP contribution is -2.31. The third-order valence-electron chi connectivity index (χ3n) is 4.11. The summed E-state index contributed by atoms with van der Waals surface area (Å²) in [6.45, 7) is 6.03. The number of nitriles is 1. The van der Waals surface area contributed by atoms with Crippen molar-refractivity contribution in [3.8, 4) is 6.07 Å². The molecule has 0 unspecified atom stereocenters. The molecule has 0 fully saturated rings. The van der Waals surface area contributed by atoms with Crippen molar-refractivity contribution in [2.45, 2.75) is 33.1 Å². The number of rotatable bonds is 6. The Hall–Kier alpha value is -3.13. The standard InChI is InChI=1S/C21H23N3O2/c1-15(2)18-6-10-20(11-7-18)24(16(3)25)13-12-21(26)23-19-8-4-17(14-22)5-9-19/h4-11,15H,12-13H2,1-3H3,(H,23,26). The normalized spacial score (nSPS) is 10.3. The average molecular weight is 349 g/mol. The lowest BCUT2D eigenvalue weighted by molar-refractivity contribution is -0.117. The van der Waals surface area contributed by atoms with Gasteiger partial charge in [-0.15, -0.1) is 0 Å². The molecule has 0 atom stereocenters. The van der Waals surface area contributed by atoms with Crippen LogP contribution >= 0.6 is 0 Å². The van der Waals surface area contributed by atoms with Gasteiger partial charge in [0, 0.05) is 31.3 Å². The van der Waals surface area contributed by atoms with Gasteiger partial charge >= 0.3 is 0 Å². The molecular weight excluding hydrogens is 326 g/mol. The van der Waals surface area contributed by atoms with E-state index in [2.05, 4.69) is 19.2 Å². The zero-order chi connectivity index (χ0) is 19.1. The van der Waals surface area contributed by atoms with Gasteiger partial charge in [0.2, 0.25) is 11.8 Å². The summed E-state index contributed by atoms with van der Waals surface area (Å²) >= 11 is 0. The fourth-order valence-electron chi connectivity index (χ4n) is 2.57. The van der Waals surface area contributed by atoms with Gasteiger partial charge in [-0.2, -0.15) is 5.26 Å². The number of hydrogen-bond donors (Lipinski definition) is 1. The largest absolute Gasteiger partial charge is 0.326 e. The van der Waals surface area contributed by atoms with Crippen LogP contribution in [0.2, 0.25) is 0 Å². The molecule has 0 aliphatic rings. The fourth-order valence-corrected chi connectivity index (χ4v) is 2.57. The van der Waals surface area contributed by atoms with Crippen LogP contribution in [0.4, 0.5) is 11.4 Å². The van der Waals surface area contributed by atoms with Gasteiger partial charge < -0.3 is 10.2 Å². The quantitative estimate of drug-likeness (QED) is 0.854. The monoisotopic (exact) mass is 349 g/mol. The Labute approximate surface area is 154 Å². The number of carbonyl (C=O) groups excluding carboxylic acids is 2. The van der Waals surface area contributed by atoms with E-state index < -0.39 is 0 Å². The summed E-state index contributed by atoms with van der Waals surface area (Å²) < 4.78 is 0. The Kier molecular flexibility index (Phi) is 6.51. The van der Waals surface area contributed by atoms with Crippen molar-refractivity contribution in [2.75, 3.05) is 16.8 Å². The molecule has 26 heavy (non-hydrogen) atoms. The zero-order valence-corrected chi connectivity index (χ0v) is 15.3. The third kappa shape index (κ3) is 5.18. The highest BCUT2D eigenvalue weighted by atomic mass is 16.2. The van der Waals surface area contributed by atoms with Gasteiger partial charge in [0.1, 0.15) is 0 Å². The Morgan fingerprint density at radius 2 is 1.69 bits per heavy atom. The van der Waals surface area contributed by atoms with Gasteiger partial charge in [-0.25, -0.2) is 0 Å². The van der Waals surface area contributed by atoms with Crippen LogP contribution in [-0.4, -0.2) is 18.4 Å². The maximum Gasteiger partial charge on any atom is 0.226 e. The molecule has 2 aromatic carbocycles. The van der Waals surface area contributed by atoms with E-state index in [1.165, 1.54) is 12.5 Å².